The molecule has 1 aliphatic heterocycles. The van der Waals surface area contributed by atoms with E-state index in [1.807, 2.05) is 36.4 Å². The Morgan fingerprint density at radius 2 is 1.38 bits per heavy atom. The number of ether oxygens (including phenoxy) is 1. The molecular formula is C20H15F3INO7. The summed E-state index contributed by atoms with van der Waals surface area (Å²) in [5, 5.41) is 9.34. The first-order chi connectivity index (χ1) is 15.0. The van der Waals surface area contributed by atoms with Crippen LogP contribution in [0.1, 0.15) is 23.2 Å². The minimum absolute atomic E-state index is 0.0807. The van der Waals surface area contributed by atoms with Gasteiger partial charge < -0.3 is 19.5 Å². The number of carbonyl (C=O) groups excluding carboxylic acids is 4. The molecule has 1 saturated heterocycles. The normalized spacial score (nSPS) is 13.3. The smallest absolute Gasteiger partial charge is 0.430 e. The van der Waals surface area contributed by atoms with E-state index in [-0.39, 0.29) is 34.0 Å². The van der Waals surface area contributed by atoms with Crippen molar-refractivity contribution in [2.24, 2.45) is 0 Å². The van der Waals surface area contributed by atoms with Crippen molar-refractivity contribution in [1.29, 1.82) is 0 Å². The second kappa shape index (κ2) is 10.9. The zero-order valence-electron chi connectivity index (χ0n) is 16.3. The zero-order valence-corrected chi connectivity index (χ0v) is 18.5. The van der Waals surface area contributed by atoms with E-state index in [2.05, 4.69) is 0 Å². The molecule has 32 heavy (non-hydrogen) atoms. The minimum atomic E-state index is -5.19. The molecule has 170 valence electrons. The third-order valence-corrected chi connectivity index (χ3v) is 6.44. The van der Waals surface area contributed by atoms with Gasteiger partial charge in [-0.2, -0.15) is 13.2 Å². The number of amides is 2. The number of nitrogens with zero attached hydrogens (tertiary/aromatic N) is 1. The number of benzene rings is 2. The van der Waals surface area contributed by atoms with Crippen molar-refractivity contribution >= 4 is 23.8 Å². The highest BCUT2D eigenvalue weighted by atomic mass is 127. The monoisotopic (exact) mass is 565 g/mol. The average Bonchev–Trinajstić information content (AvgIpc) is 3.06. The number of carbonyl (C=O) groups is 4. The molecule has 0 saturated carbocycles. The Balaban J connectivity index is 0.000000451. The van der Waals surface area contributed by atoms with Crippen molar-refractivity contribution in [3.05, 3.63) is 61.2 Å². The maximum atomic E-state index is 12.1. The number of rotatable bonds is 5. The number of hydrogen-bond donors (Lipinski definition) is 0. The maximum Gasteiger partial charge on any atom is 0.430 e. The van der Waals surface area contributed by atoms with Crippen molar-refractivity contribution in [1.82, 2.24) is 5.06 Å². The number of hydrogen-bond acceptors (Lipinski definition) is 7. The second-order valence-corrected chi connectivity index (χ2v) is 9.04. The molecule has 0 spiro atoms. The van der Waals surface area contributed by atoms with E-state index in [4.69, 9.17) is 19.5 Å². The Bertz CT molecular complexity index is 976. The lowest BCUT2D eigenvalue weighted by atomic mass is 10.2. The predicted molar refractivity (Wildman–Crippen MR) is 94.4 cm³/mol. The molecule has 1 aliphatic rings. The fourth-order valence-corrected chi connectivity index (χ4v) is 4.36. The van der Waals surface area contributed by atoms with Crippen molar-refractivity contribution < 1.29 is 68.2 Å². The first-order valence-corrected chi connectivity index (χ1v) is 10.9. The van der Waals surface area contributed by atoms with Crippen LogP contribution in [-0.2, 0) is 19.2 Å². The number of alkyl halides is 3. The summed E-state index contributed by atoms with van der Waals surface area (Å²) in [5.74, 6) is -3.87. The van der Waals surface area contributed by atoms with Gasteiger partial charge in [-0.1, -0.05) is 0 Å². The fourth-order valence-electron chi connectivity index (χ4n) is 2.20. The molecule has 0 unspecified atom stereocenters. The lowest BCUT2D eigenvalue weighted by Gasteiger charge is -2.12. The van der Waals surface area contributed by atoms with Gasteiger partial charge in [0.2, 0.25) is 0 Å². The van der Waals surface area contributed by atoms with Crippen LogP contribution in [0.5, 0.6) is 5.75 Å². The average molecular weight is 565 g/mol. The third-order valence-electron chi connectivity index (χ3n) is 3.76. The predicted octanol–water partition coefficient (Wildman–Crippen LogP) is -1.66. The lowest BCUT2D eigenvalue weighted by molar-refractivity contribution is -0.597. The minimum Gasteiger partial charge on any atom is -0.542 e. The van der Waals surface area contributed by atoms with E-state index in [1.54, 1.807) is 19.2 Å². The van der Waals surface area contributed by atoms with E-state index >= 15 is 0 Å². The van der Waals surface area contributed by atoms with E-state index < -0.39 is 29.9 Å². The quantitative estimate of drug-likeness (QED) is 0.315. The molecule has 1 fully saturated rings. The first-order valence-electron chi connectivity index (χ1n) is 8.76. The van der Waals surface area contributed by atoms with Gasteiger partial charge in [0, 0.05) is 12.8 Å². The summed E-state index contributed by atoms with van der Waals surface area (Å²) in [6.45, 7) is 0. The van der Waals surface area contributed by atoms with Gasteiger partial charge in [0.1, 0.15) is 11.7 Å². The van der Waals surface area contributed by atoms with Crippen LogP contribution >= 0.6 is 0 Å². The largest absolute Gasteiger partial charge is 0.542 e. The molecular weight excluding hydrogens is 550 g/mol. The number of imide groups is 1. The van der Waals surface area contributed by atoms with Gasteiger partial charge >= 0.3 is 33.4 Å². The molecule has 0 N–H and O–H groups in total. The number of methoxy groups -OCH3 is 1. The highest BCUT2D eigenvalue weighted by molar-refractivity contribution is 6.02. The summed E-state index contributed by atoms with van der Waals surface area (Å²) >= 11 is -0.377. The van der Waals surface area contributed by atoms with Crippen LogP contribution in [0.3, 0.4) is 0 Å². The van der Waals surface area contributed by atoms with E-state index in [0.717, 1.165) is 9.32 Å². The SMILES string of the molecule is COc1ccc([I+]c2ccc(C(=O)ON3C(=O)CCC3=O)cc2)cc1.O=C([O-])C(F)(F)F. The van der Waals surface area contributed by atoms with Crippen LogP contribution in [0.15, 0.2) is 48.5 Å². The Labute approximate surface area is 190 Å². The van der Waals surface area contributed by atoms with Crippen LogP contribution < -0.4 is 31.0 Å². The zero-order chi connectivity index (χ0) is 23.9. The van der Waals surface area contributed by atoms with Crippen LogP contribution in [0.2, 0.25) is 0 Å². The third kappa shape index (κ3) is 7.21. The molecule has 0 aromatic heterocycles. The van der Waals surface area contributed by atoms with Gasteiger partial charge in [-0.15, -0.1) is 5.06 Å². The molecule has 2 aromatic rings. The molecule has 12 heteroatoms. The number of aliphatic carboxylic acids is 1. The molecule has 0 radical (unpaired) electrons. The van der Waals surface area contributed by atoms with Gasteiger partial charge in [-0.05, 0) is 48.5 Å². The molecule has 0 bridgehead atoms. The van der Waals surface area contributed by atoms with Gasteiger partial charge in [0.15, 0.2) is 7.14 Å². The van der Waals surface area contributed by atoms with E-state index in [9.17, 15) is 27.6 Å². The summed E-state index contributed by atoms with van der Waals surface area (Å²) in [6, 6.07) is 14.9. The second-order valence-electron chi connectivity index (χ2n) is 6.01. The van der Waals surface area contributed by atoms with Crippen molar-refractivity contribution in [3.63, 3.8) is 0 Å². The summed E-state index contributed by atoms with van der Waals surface area (Å²) in [6.07, 6.45) is -5.03. The number of halogens is 4. The Morgan fingerprint density at radius 3 is 1.78 bits per heavy atom. The highest BCUT2D eigenvalue weighted by Crippen LogP contribution is 2.14. The number of carboxylic acids is 1. The fraction of sp³-hybridized carbons (Fsp3) is 0.200. The van der Waals surface area contributed by atoms with Gasteiger partial charge in [0.25, 0.3) is 11.8 Å². The molecule has 2 amide bonds. The van der Waals surface area contributed by atoms with Gasteiger partial charge in [-0.25, -0.2) is 4.79 Å². The van der Waals surface area contributed by atoms with Crippen LogP contribution in [0.4, 0.5) is 13.2 Å². The summed E-state index contributed by atoms with van der Waals surface area (Å²) < 4.78 is 39.0. The van der Waals surface area contributed by atoms with Gasteiger partial charge in [-0.3, -0.25) is 9.59 Å². The molecule has 1 heterocycles. The first kappa shape index (κ1) is 25.1. The number of hydroxylamine groups is 2. The van der Waals surface area contributed by atoms with Crippen LogP contribution in [0.25, 0.3) is 0 Å². The highest BCUT2D eigenvalue weighted by Gasteiger charge is 2.33. The van der Waals surface area contributed by atoms with Crippen molar-refractivity contribution in [3.8, 4) is 5.75 Å². The molecule has 0 aliphatic carbocycles. The summed E-state index contributed by atoms with van der Waals surface area (Å²) in [4.78, 5) is 48.7. The van der Waals surface area contributed by atoms with E-state index in [1.165, 1.54) is 3.57 Å². The molecule has 8 nitrogen and oxygen atoms in total. The van der Waals surface area contributed by atoms with E-state index in [0.29, 0.717) is 10.6 Å². The summed E-state index contributed by atoms with van der Waals surface area (Å²) in [5.41, 5.74) is 0.301. The topological polar surface area (TPSA) is 113 Å². The number of carboxylic acid groups (broad SMARTS) is 1. The molecule has 0 atom stereocenters. The van der Waals surface area contributed by atoms with Crippen molar-refractivity contribution in [2.45, 2.75) is 19.0 Å². The summed E-state index contributed by atoms with van der Waals surface area (Å²) in [7, 11) is 1.63. The maximum absolute atomic E-state index is 12.1. The molecule has 3 rings (SSSR count). The lowest BCUT2D eigenvalue weighted by Crippen LogP contribution is -3.61. The molecule has 2 aromatic carbocycles. The Morgan fingerprint density at radius 1 is 0.938 bits per heavy atom. The van der Waals surface area contributed by atoms with Crippen LogP contribution in [-0.4, -0.2) is 42.1 Å². The standard InChI is InChI=1S/C18H15INO5.C2HF3O2/c1-24-15-8-6-14(7-9-15)19-13-4-2-12(3-5-13)18(23)25-20-16(21)10-11-17(20)22;3-2(4,5)1(6)7/h2-9H,10-11H2,1H3;(H,6,7)/q+1;/p-1. The van der Waals surface area contributed by atoms with Gasteiger partial charge in [0.05, 0.1) is 12.7 Å². The van der Waals surface area contributed by atoms with Crippen LogP contribution in [0, 0.1) is 7.14 Å². The Kier molecular flexibility index (Phi) is 8.57. The Hall–Kier alpha value is -3.16. The van der Waals surface area contributed by atoms with Crippen molar-refractivity contribution in [2.75, 3.05) is 7.11 Å².